The first-order valence-electron chi connectivity index (χ1n) is 12.5. The third kappa shape index (κ3) is 4.96. The molecule has 0 spiro atoms. The maximum absolute atomic E-state index is 13.7. The minimum absolute atomic E-state index is 0.0591. The van der Waals surface area contributed by atoms with Gasteiger partial charge in [-0.05, 0) is 60.0 Å². The van der Waals surface area contributed by atoms with Crippen molar-refractivity contribution >= 4 is 34.8 Å². The molecular formula is C28H29N3O5S. The van der Waals surface area contributed by atoms with Crippen molar-refractivity contribution in [3.05, 3.63) is 71.5 Å². The number of carbonyl (C=O) groups excluding carboxylic acids is 4. The molecule has 1 N–H and O–H groups in total. The Bertz CT molecular complexity index is 1280. The smallest absolute Gasteiger partial charge is 0.290 e. The predicted molar refractivity (Wildman–Crippen MR) is 139 cm³/mol. The lowest BCUT2D eigenvalue weighted by Gasteiger charge is -2.29. The van der Waals surface area contributed by atoms with E-state index in [-0.39, 0.29) is 41.7 Å². The van der Waals surface area contributed by atoms with Crippen molar-refractivity contribution in [3.8, 4) is 10.4 Å². The van der Waals surface area contributed by atoms with Gasteiger partial charge in [-0.15, -0.1) is 11.3 Å². The summed E-state index contributed by atoms with van der Waals surface area (Å²) in [5, 5.41) is 4.91. The number of benzene rings is 1. The normalized spacial score (nSPS) is 19.8. The van der Waals surface area contributed by atoms with Crippen molar-refractivity contribution in [1.82, 2.24) is 15.1 Å². The molecule has 3 amide bonds. The fourth-order valence-electron chi connectivity index (χ4n) is 5.24. The molecule has 2 aliphatic rings. The zero-order valence-electron chi connectivity index (χ0n) is 20.8. The number of furan rings is 1. The highest BCUT2D eigenvalue weighted by atomic mass is 32.1. The molecule has 3 unspecified atom stereocenters. The van der Waals surface area contributed by atoms with Crippen LogP contribution in [0.15, 0.2) is 64.6 Å². The maximum Gasteiger partial charge on any atom is 0.290 e. The molecule has 3 aromatic rings. The summed E-state index contributed by atoms with van der Waals surface area (Å²) in [7, 11) is 0. The lowest BCUT2D eigenvalue weighted by molar-refractivity contribution is -0.138. The van der Waals surface area contributed by atoms with E-state index in [4.69, 9.17) is 4.42 Å². The fourth-order valence-corrected chi connectivity index (χ4v) is 5.98. The molecule has 8 nitrogen and oxygen atoms in total. The zero-order valence-corrected chi connectivity index (χ0v) is 21.6. The number of likely N-dealkylation sites (tertiary alicyclic amines) is 2. The molecule has 0 radical (unpaired) electrons. The van der Waals surface area contributed by atoms with Crippen LogP contribution in [-0.2, 0) is 9.59 Å². The van der Waals surface area contributed by atoms with Crippen LogP contribution >= 0.6 is 11.3 Å². The van der Waals surface area contributed by atoms with E-state index in [1.807, 2.05) is 43.5 Å². The molecule has 0 aliphatic carbocycles. The second-order valence-electron chi connectivity index (χ2n) is 9.92. The first-order chi connectivity index (χ1) is 17.8. The Morgan fingerprint density at radius 2 is 1.86 bits per heavy atom. The van der Waals surface area contributed by atoms with Crippen molar-refractivity contribution in [2.24, 2.45) is 5.92 Å². The number of nitrogens with zero attached hydrogens (tertiary/aromatic N) is 2. The summed E-state index contributed by atoms with van der Waals surface area (Å²) in [6.45, 7) is 4.26. The van der Waals surface area contributed by atoms with E-state index in [9.17, 15) is 19.2 Å². The van der Waals surface area contributed by atoms with Crippen LogP contribution in [0.3, 0.4) is 0 Å². The van der Waals surface area contributed by atoms with Crippen molar-refractivity contribution < 1.29 is 23.6 Å². The maximum atomic E-state index is 13.7. The molecule has 1 aromatic carbocycles. The first-order valence-corrected chi connectivity index (χ1v) is 13.3. The van der Waals surface area contributed by atoms with Gasteiger partial charge in [0.15, 0.2) is 11.5 Å². The van der Waals surface area contributed by atoms with E-state index in [2.05, 4.69) is 5.32 Å². The van der Waals surface area contributed by atoms with E-state index in [1.165, 1.54) is 11.2 Å². The quantitative estimate of drug-likeness (QED) is 0.511. The summed E-state index contributed by atoms with van der Waals surface area (Å²) in [6.07, 6.45) is 2.36. The molecule has 3 atom stereocenters. The van der Waals surface area contributed by atoms with Crippen LogP contribution in [0.1, 0.15) is 47.6 Å². The van der Waals surface area contributed by atoms with Gasteiger partial charge in [0.1, 0.15) is 12.1 Å². The van der Waals surface area contributed by atoms with E-state index in [0.29, 0.717) is 24.9 Å². The average molecular weight is 520 g/mol. The summed E-state index contributed by atoms with van der Waals surface area (Å²) >= 11 is 1.63. The van der Waals surface area contributed by atoms with Crippen molar-refractivity contribution in [2.45, 2.75) is 44.8 Å². The molecule has 9 heteroatoms. The summed E-state index contributed by atoms with van der Waals surface area (Å²) in [5.41, 5.74) is 1.49. The number of nitrogens with one attached hydrogen (secondary N) is 1. The molecule has 2 aliphatic heterocycles. The van der Waals surface area contributed by atoms with E-state index in [0.717, 1.165) is 10.4 Å². The van der Waals surface area contributed by atoms with Crippen molar-refractivity contribution in [3.63, 3.8) is 0 Å². The number of fused-ring (bicyclic) bond motifs is 1. The Balaban J connectivity index is 1.30. The number of thiophene rings is 1. The Labute approximate surface area is 219 Å². The Morgan fingerprint density at radius 1 is 1.08 bits per heavy atom. The highest BCUT2D eigenvalue weighted by Gasteiger charge is 2.52. The third-order valence-electron chi connectivity index (χ3n) is 6.96. The second-order valence-corrected chi connectivity index (χ2v) is 10.9. The van der Waals surface area contributed by atoms with Gasteiger partial charge in [0, 0.05) is 17.0 Å². The van der Waals surface area contributed by atoms with Crippen LogP contribution in [0.4, 0.5) is 0 Å². The van der Waals surface area contributed by atoms with Gasteiger partial charge in [0.2, 0.25) is 5.91 Å². The number of amides is 3. The van der Waals surface area contributed by atoms with Crippen LogP contribution in [0, 0.1) is 5.92 Å². The van der Waals surface area contributed by atoms with E-state index in [1.54, 1.807) is 40.5 Å². The topological polar surface area (TPSA) is 99.9 Å². The third-order valence-corrected chi connectivity index (χ3v) is 7.88. The van der Waals surface area contributed by atoms with Gasteiger partial charge in [-0.2, -0.15) is 0 Å². The number of rotatable bonds is 7. The number of ketones is 1. The van der Waals surface area contributed by atoms with Gasteiger partial charge in [-0.3, -0.25) is 19.2 Å². The molecule has 4 heterocycles. The first kappa shape index (κ1) is 25.0. The molecule has 5 rings (SSSR count). The summed E-state index contributed by atoms with van der Waals surface area (Å²) in [5.74, 6) is -0.823. The summed E-state index contributed by atoms with van der Waals surface area (Å²) in [6, 6.07) is 12.6. The molecule has 2 fully saturated rings. The molecular weight excluding hydrogens is 490 g/mol. The van der Waals surface area contributed by atoms with Gasteiger partial charge in [-0.25, -0.2) is 0 Å². The SMILES string of the molecule is CC(C)CC(NC(=O)c1ccc(-c2cccs2)cc1)C(=O)N1CCC2C1C(=O)CN2C(=O)c1ccco1. The molecule has 0 bridgehead atoms. The highest BCUT2D eigenvalue weighted by Crippen LogP contribution is 2.32. The number of carbonyl (C=O) groups is 4. The zero-order chi connectivity index (χ0) is 26.1. The Morgan fingerprint density at radius 3 is 2.51 bits per heavy atom. The molecule has 2 saturated heterocycles. The second kappa shape index (κ2) is 10.3. The van der Waals surface area contributed by atoms with Gasteiger partial charge < -0.3 is 19.5 Å². The van der Waals surface area contributed by atoms with E-state index >= 15 is 0 Å². The molecule has 37 heavy (non-hydrogen) atoms. The standard InChI is InChI=1S/C28H29N3O5S/c1-17(2)15-20(29-26(33)19-9-7-18(8-10-19)24-6-4-14-37-24)27(34)30-12-11-21-25(30)22(32)16-31(21)28(35)23-5-3-13-36-23/h3-10,13-14,17,20-21,25H,11-12,15-16H2,1-2H3,(H,29,33). The lowest BCUT2D eigenvalue weighted by atomic mass is 10.0. The highest BCUT2D eigenvalue weighted by molar-refractivity contribution is 7.13. The van der Waals surface area contributed by atoms with E-state index < -0.39 is 18.1 Å². The van der Waals surface area contributed by atoms with Gasteiger partial charge in [0.25, 0.3) is 11.8 Å². The van der Waals surface area contributed by atoms with Crippen LogP contribution in [0.25, 0.3) is 10.4 Å². The molecule has 0 saturated carbocycles. The van der Waals surface area contributed by atoms with Crippen LogP contribution in [0.2, 0.25) is 0 Å². The summed E-state index contributed by atoms with van der Waals surface area (Å²) in [4.78, 5) is 56.8. The fraction of sp³-hybridized carbons (Fsp3) is 0.357. The number of hydrogen-bond donors (Lipinski definition) is 1. The van der Waals surface area contributed by atoms with Crippen molar-refractivity contribution in [1.29, 1.82) is 0 Å². The van der Waals surface area contributed by atoms with Gasteiger partial charge in [0.05, 0.1) is 18.8 Å². The molecule has 2 aromatic heterocycles. The van der Waals surface area contributed by atoms with Crippen molar-refractivity contribution in [2.75, 3.05) is 13.1 Å². The lowest BCUT2D eigenvalue weighted by Crippen LogP contribution is -2.53. The minimum Gasteiger partial charge on any atom is -0.459 e. The number of Topliss-reactive ketones (excluding diaryl/α,β-unsaturated/α-hetero) is 1. The predicted octanol–water partition coefficient (Wildman–Crippen LogP) is 3.85. The largest absolute Gasteiger partial charge is 0.459 e. The number of hydrogen-bond acceptors (Lipinski definition) is 6. The Hall–Kier alpha value is -3.72. The van der Waals surface area contributed by atoms with Crippen LogP contribution in [0.5, 0.6) is 0 Å². The minimum atomic E-state index is -0.772. The monoisotopic (exact) mass is 519 g/mol. The summed E-state index contributed by atoms with van der Waals surface area (Å²) < 4.78 is 5.23. The average Bonchev–Trinajstić information content (AvgIpc) is 3.69. The van der Waals surface area contributed by atoms with Crippen LogP contribution in [-0.4, -0.2) is 64.5 Å². The van der Waals surface area contributed by atoms with Crippen LogP contribution < -0.4 is 5.32 Å². The van der Waals surface area contributed by atoms with Gasteiger partial charge >= 0.3 is 0 Å². The van der Waals surface area contributed by atoms with Gasteiger partial charge in [-0.1, -0.05) is 32.0 Å². The Kier molecular flexibility index (Phi) is 6.97. The molecule has 192 valence electrons.